The number of nitrogens with zero attached hydrogens (tertiary/aromatic N) is 3. The Morgan fingerprint density at radius 1 is 1.19 bits per heavy atom. The molecule has 1 N–H and O–H groups in total. The summed E-state index contributed by atoms with van der Waals surface area (Å²) in [5, 5.41) is 8.59. The number of hydrogen-bond donors (Lipinski definition) is 1. The molecule has 3 aromatic rings. The highest BCUT2D eigenvalue weighted by molar-refractivity contribution is 6.35. The van der Waals surface area contributed by atoms with Gasteiger partial charge < -0.3 is 4.90 Å². The quantitative estimate of drug-likeness (QED) is 0.641. The number of nitrogens with one attached hydrogen (secondary N) is 1. The topological polar surface area (TPSA) is 44.8 Å². The lowest BCUT2D eigenvalue weighted by atomic mass is 9.84. The van der Waals surface area contributed by atoms with Gasteiger partial charge in [-0.1, -0.05) is 41.4 Å². The Balaban J connectivity index is 0.00000196. The number of aromatic amines is 1. The van der Waals surface area contributed by atoms with Crippen LogP contribution in [0.3, 0.4) is 0 Å². The first kappa shape index (κ1) is 19.2. The highest BCUT2D eigenvalue weighted by Crippen LogP contribution is 2.39. The van der Waals surface area contributed by atoms with E-state index in [-0.39, 0.29) is 18.3 Å². The van der Waals surface area contributed by atoms with Crippen molar-refractivity contribution in [2.45, 2.75) is 19.4 Å². The van der Waals surface area contributed by atoms with Crippen LogP contribution < -0.4 is 0 Å². The van der Waals surface area contributed by atoms with Crippen molar-refractivity contribution in [2.75, 3.05) is 13.6 Å². The highest BCUT2D eigenvalue weighted by atomic mass is 35.5. The smallest absolute Gasteiger partial charge is 0.181 e. The number of likely N-dealkylation sites (N-methyl/N-ethyl adjacent to an activating group) is 1. The molecule has 2 aromatic carbocycles. The first-order chi connectivity index (χ1) is 12.0. The van der Waals surface area contributed by atoms with Crippen LogP contribution in [0.25, 0.3) is 11.4 Å². The average Bonchev–Trinajstić information content (AvgIpc) is 3.02. The lowest BCUT2D eigenvalue weighted by Crippen LogP contribution is -2.31. The van der Waals surface area contributed by atoms with E-state index in [0.29, 0.717) is 10.8 Å². The van der Waals surface area contributed by atoms with Gasteiger partial charge in [0.05, 0.1) is 0 Å². The summed E-state index contributed by atoms with van der Waals surface area (Å²) in [6.45, 7) is 3.65. The van der Waals surface area contributed by atoms with Crippen LogP contribution in [-0.4, -0.2) is 33.7 Å². The zero-order valence-electron chi connectivity index (χ0n) is 14.5. The Hall–Kier alpha value is -1.59. The Labute approximate surface area is 169 Å². The minimum absolute atomic E-state index is 0. The molecule has 26 heavy (non-hydrogen) atoms. The molecule has 136 valence electrons. The maximum atomic E-state index is 6.46. The molecule has 0 bridgehead atoms. The molecule has 0 amide bonds. The van der Waals surface area contributed by atoms with Gasteiger partial charge in [0.1, 0.15) is 5.82 Å². The Morgan fingerprint density at radius 2 is 2.00 bits per heavy atom. The summed E-state index contributed by atoms with van der Waals surface area (Å²) in [6.07, 6.45) is 0. The first-order valence-corrected chi connectivity index (χ1v) is 8.92. The van der Waals surface area contributed by atoms with Crippen LogP contribution in [0.2, 0.25) is 10.0 Å². The Bertz CT molecular complexity index is 938. The minimum atomic E-state index is 0. The second-order valence-electron chi connectivity index (χ2n) is 6.57. The number of aromatic nitrogens is 3. The third-order valence-electron chi connectivity index (χ3n) is 4.64. The monoisotopic (exact) mass is 408 g/mol. The number of H-pyrrole nitrogens is 1. The van der Waals surface area contributed by atoms with Gasteiger partial charge in [0.2, 0.25) is 0 Å². The van der Waals surface area contributed by atoms with Gasteiger partial charge in [-0.25, -0.2) is 4.98 Å². The van der Waals surface area contributed by atoms with Crippen molar-refractivity contribution >= 4 is 35.6 Å². The first-order valence-electron chi connectivity index (χ1n) is 8.17. The third kappa shape index (κ3) is 3.60. The van der Waals surface area contributed by atoms with Crippen molar-refractivity contribution in [3.8, 4) is 11.4 Å². The number of benzene rings is 2. The average molecular weight is 410 g/mol. The lowest BCUT2D eigenvalue weighted by Gasteiger charge is -2.33. The van der Waals surface area contributed by atoms with E-state index in [2.05, 4.69) is 45.3 Å². The molecule has 1 aliphatic heterocycles. The summed E-state index contributed by atoms with van der Waals surface area (Å²) >= 11 is 12.7. The van der Waals surface area contributed by atoms with Crippen LogP contribution >= 0.6 is 35.6 Å². The van der Waals surface area contributed by atoms with Crippen molar-refractivity contribution in [2.24, 2.45) is 0 Å². The summed E-state index contributed by atoms with van der Waals surface area (Å²) in [5.74, 6) is 1.74. The molecule has 4 rings (SSSR count). The Kier molecular flexibility index (Phi) is 5.58. The molecule has 0 aliphatic carbocycles. The van der Waals surface area contributed by atoms with E-state index >= 15 is 0 Å². The van der Waals surface area contributed by atoms with E-state index < -0.39 is 0 Å². The van der Waals surface area contributed by atoms with Crippen LogP contribution in [-0.2, 0) is 6.54 Å². The van der Waals surface area contributed by atoms with Gasteiger partial charge in [0, 0.05) is 34.6 Å². The van der Waals surface area contributed by atoms with Crippen molar-refractivity contribution < 1.29 is 0 Å². The molecule has 7 heteroatoms. The van der Waals surface area contributed by atoms with E-state index in [1.54, 1.807) is 0 Å². The summed E-state index contributed by atoms with van der Waals surface area (Å²) in [4.78, 5) is 6.72. The van der Waals surface area contributed by atoms with Gasteiger partial charge in [-0.05, 0) is 48.9 Å². The number of fused-ring (bicyclic) bond motifs is 1. The molecule has 0 fully saturated rings. The molecule has 1 atom stereocenters. The summed E-state index contributed by atoms with van der Waals surface area (Å²) in [6, 6.07) is 12.3. The molecule has 0 spiro atoms. The number of hydrogen-bond acceptors (Lipinski definition) is 3. The normalized spacial score (nSPS) is 16.8. The fraction of sp³-hybridized carbons (Fsp3) is 0.263. The second kappa shape index (κ2) is 7.57. The molecular formula is C19H19Cl3N4. The van der Waals surface area contributed by atoms with Gasteiger partial charge in [-0.15, -0.1) is 12.4 Å². The highest BCUT2D eigenvalue weighted by Gasteiger charge is 2.27. The van der Waals surface area contributed by atoms with Gasteiger partial charge in [-0.3, -0.25) is 5.10 Å². The molecular weight excluding hydrogens is 391 g/mol. The fourth-order valence-corrected chi connectivity index (χ4v) is 4.07. The van der Waals surface area contributed by atoms with E-state index in [4.69, 9.17) is 23.2 Å². The Morgan fingerprint density at radius 3 is 2.73 bits per heavy atom. The molecule has 4 nitrogen and oxygen atoms in total. The molecule has 0 radical (unpaired) electrons. The molecule has 0 unspecified atom stereocenters. The minimum Gasteiger partial charge on any atom is -0.301 e. The fourth-order valence-electron chi connectivity index (χ4n) is 3.50. The summed E-state index contributed by atoms with van der Waals surface area (Å²) in [5.41, 5.74) is 4.58. The van der Waals surface area contributed by atoms with Crippen molar-refractivity contribution in [3.05, 3.63) is 69.0 Å². The summed E-state index contributed by atoms with van der Waals surface area (Å²) in [7, 11) is 2.11. The zero-order chi connectivity index (χ0) is 17.6. The van der Waals surface area contributed by atoms with Crippen LogP contribution in [0, 0.1) is 6.92 Å². The van der Waals surface area contributed by atoms with Crippen molar-refractivity contribution in [1.29, 1.82) is 0 Å². The molecule has 0 saturated heterocycles. The molecule has 0 saturated carbocycles. The molecule has 1 aliphatic rings. The zero-order valence-corrected chi connectivity index (χ0v) is 16.8. The third-order valence-corrected chi connectivity index (χ3v) is 5.19. The SMILES string of the molecule is Cc1nc(-c2cccc([C@@H]3CN(C)Cc4c(Cl)cc(Cl)cc43)c2)n[nH]1.Cl. The largest absolute Gasteiger partial charge is 0.301 e. The van der Waals surface area contributed by atoms with Gasteiger partial charge in [-0.2, -0.15) is 5.10 Å². The predicted molar refractivity (Wildman–Crippen MR) is 108 cm³/mol. The lowest BCUT2D eigenvalue weighted by molar-refractivity contribution is 0.295. The molecule has 1 aromatic heterocycles. The number of aryl methyl sites for hydroxylation is 1. The molecule has 2 heterocycles. The van der Waals surface area contributed by atoms with Crippen LogP contribution in [0.4, 0.5) is 0 Å². The van der Waals surface area contributed by atoms with E-state index in [1.807, 2.05) is 25.1 Å². The number of halogens is 3. The second-order valence-corrected chi connectivity index (χ2v) is 7.42. The number of rotatable bonds is 2. The maximum absolute atomic E-state index is 6.46. The predicted octanol–water partition coefficient (Wildman–Crippen LogP) is 5.09. The summed E-state index contributed by atoms with van der Waals surface area (Å²) < 4.78 is 0. The van der Waals surface area contributed by atoms with E-state index in [9.17, 15) is 0 Å². The van der Waals surface area contributed by atoms with Crippen molar-refractivity contribution in [3.63, 3.8) is 0 Å². The van der Waals surface area contributed by atoms with E-state index in [1.165, 1.54) is 11.1 Å². The van der Waals surface area contributed by atoms with Gasteiger partial charge in [0.25, 0.3) is 0 Å². The van der Waals surface area contributed by atoms with Crippen LogP contribution in [0.1, 0.15) is 28.4 Å². The van der Waals surface area contributed by atoms with Gasteiger partial charge >= 0.3 is 0 Å². The van der Waals surface area contributed by atoms with Gasteiger partial charge in [0.15, 0.2) is 5.82 Å². The maximum Gasteiger partial charge on any atom is 0.181 e. The van der Waals surface area contributed by atoms with E-state index in [0.717, 1.165) is 35.1 Å². The van der Waals surface area contributed by atoms with Crippen molar-refractivity contribution in [1.82, 2.24) is 20.1 Å². The standard InChI is InChI=1S/C19H18Cl2N4.ClH/c1-11-22-19(24-23-11)13-5-3-4-12(6-13)16-9-25(2)10-17-15(16)7-14(20)8-18(17)21;/h3-8,16H,9-10H2,1-2H3,(H,22,23,24);1H/t16-;/m0./s1. The van der Waals surface area contributed by atoms with Crippen LogP contribution in [0.15, 0.2) is 36.4 Å². The van der Waals surface area contributed by atoms with Crippen LogP contribution in [0.5, 0.6) is 0 Å².